The zero-order valence-electron chi connectivity index (χ0n) is 15.5. The summed E-state index contributed by atoms with van der Waals surface area (Å²) in [6, 6.07) is 7.48. The molecule has 2 heterocycles. The van der Waals surface area contributed by atoms with Gasteiger partial charge in [0.15, 0.2) is 23.0 Å². The first-order chi connectivity index (χ1) is 13.2. The molecule has 0 aliphatic carbocycles. The normalized spacial score (nSPS) is 17.6. The van der Waals surface area contributed by atoms with Crippen LogP contribution < -0.4 is 29.0 Å². The summed E-state index contributed by atoms with van der Waals surface area (Å²) in [5.74, 6) is 2.67. The number of nitrogens with one attached hydrogen (secondary N) is 1. The van der Waals surface area contributed by atoms with E-state index in [2.05, 4.69) is 5.32 Å². The van der Waals surface area contributed by atoms with Gasteiger partial charge in [-0.15, -0.1) is 0 Å². The first kappa shape index (κ1) is 17.3. The van der Waals surface area contributed by atoms with Crippen molar-refractivity contribution in [1.29, 1.82) is 0 Å². The van der Waals surface area contributed by atoms with Crippen LogP contribution in [0, 0.1) is 0 Å². The van der Waals surface area contributed by atoms with Crippen molar-refractivity contribution in [3.8, 4) is 28.7 Å². The molecule has 1 N–H and O–H groups in total. The van der Waals surface area contributed by atoms with Crippen LogP contribution in [0.25, 0.3) is 0 Å². The molecule has 2 aromatic carbocycles. The molecule has 2 aliphatic rings. The zero-order chi connectivity index (χ0) is 19.0. The molecule has 0 radical (unpaired) electrons. The number of rotatable bonds is 4. The van der Waals surface area contributed by atoms with Crippen molar-refractivity contribution in [3.63, 3.8) is 0 Å². The largest absolute Gasteiger partial charge is 0.493 e. The molecule has 7 heteroatoms. The van der Waals surface area contributed by atoms with E-state index in [-0.39, 0.29) is 11.8 Å². The fourth-order valence-electron chi connectivity index (χ4n) is 3.67. The van der Waals surface area contributed by atoms with E-state index in [9.17, 15) is 4.79 Å². The van der Waals surface area contributed by atoms with Crippen molar-refractivity contribution >= 4 is 11.6 Å². The van der Waals surface area contributed by atoms with Gasteiger partial charge in [-0.1, -0.05) is 6.07 Å². The van der Waals surface area contributed by atoms with Gasteiger partial charge in [0.25, 0.3) is 0 Å². The summed E-state index contributed by atoms with van der Waals surface area (Å²) >= 11 is 0. The van der Waals surface area contributed by atoms with E-state index in [1.807, 2.05) is 24.3 Å². The summed E-state index contributed by atoms with van der Waals surface area (Å²) in [5.41, 5.74) is 2.52. The number of carbonyl (C=O) groups excluding carboxylic acids is 1. The number of fused-ring (bicyclic) bond motifs is 2. The van der Waals surface area contributed by atoms with E-state index in [0.717, 1.165) is 16.8 Å². The Balaban J connectivity index is 1.87. The topological polar surface area (TPSA) is 75.3 Å². The van der Waals surface area contributed by atoms with E-state index in [1.54, 1.807) is 21.3 Å². The van der Waals surface area contributed by atoms with Crippen LogP contribution in [0.1, 0.15) is 23.5 Å². The van der Waals surface area contributed by atoms with Gasteiger partial charge in [0.05, 0.1) is 21.3 Å². The summed E-state index contributed by atoms with van der Waals surface area (Å²) in [7, 11) is 4.71. The molecule has 1 atom stereocenters. The molecular formula is C20H21NO6. The van der Waals surface area contributed by atoms with E-state index >= 15 is 0 Å². The molecular weight excluding hydrogens is 350 g/mol. The van der Waals surface area contributed by atoms with Gasteiger partial charge in [0.1, 0.15) is 13.2 Å². The highest BCUT2D eigenvalue weighted by Gasteiger charge is 2.32. The van der Waals surface area contributed by atoms with Crippen LogP contribution in [-0.4, -0.2) is 40.5 Å². The number of amides is 1. The van der Waals surface area contributed by atoms with Gasteiger partial charge in [-0.3, -0.25) is 4.79 Å². The van der Waals surface area contributed by atoms with Crippen LogP contribution >= 0.6 is 0 Å². The maximum absolute atomic E-state index is 12.4. The highest BCUT2D eigenvalue weighted by Crippen LogP contribution is 2.49. The van der Waals surface area contributed by atoms with Crippen LogP contribution in [0.15, 0.2) is 24.3 Å². The Morgan fingerprint density at radius 1 is 0.926 bits per heavy atom. The van der Waals surface area contributed by atoms with Gasteiger partial charge >= 0.3 is 0 Å². The van der Waals surface area contributed by atoms with Crippen LogP contribution in [0.5, 0.6) is 28.7 Å². The summed E-state index contributed by atoms with van der Waals surface area (Å²) in [6.45, 7) is 0.995. The van der Waals surface area contributed by atoms with Crippen molar-refractivity contribution in [2.45, 2.75) is 12.3 Å². The molecule has 7 nitrogen and oxygen atoms in total. The third-order valence-corrected chi connectivity index (χ3v) is 4.86. The number of hydrogen-bond donors (Lipinski definition) is 1. The first-order valence-corrected chi connectivity index (χ1v) is 8.68. The van der Waals surface area contributed by atoms with Crippen molar-refractivity contribution in [1.82, 2.24) is 0 Å². The molecule has 27 heavy (non-hydrogen) atoms. The average molecular weight is 371 g/mol. The molecule has 1 amide bonds. The number of methoxy groups -OCH3 is 3. The van der Waals surface area contributed by atoms with Gasteiger partial charge in [0.2, 0.25) is 11.7 Å². The van der Waals surface area contributed by atoms with Gasteiger partial charge < -0.3 is 29.0 Å². The molecule has 0 bridgehead atoms. The predicted octanol–water partition coefficient (Wildman–Crippen LogP) is 2.96. The lowest BCUT2D eigenvalue weighted by atomic mass is 9.83. The monoisotopic (exact) mass is 371 g/mol. The second kappa shape index (κ2) is 6.90. The average Bonchev–Trinajstić information content (AvgIpc) is 2.70. The molecule has 0 aromatic heterocycles. The number of ether oxygens (including phenoxy) is 5. The standard InChI is InChI=1S/C20H21NO6/c1-23-15-5-4-11(19(24-2)20(15)25-3)12-9-18(22)21-14-10-17-16(8-13(12)14)26-6-7-27-17/h4-5,8,10,12H,6-7,9H2,1-3H3,(H,21,22)/t12-/m1/s1. The summed E-state index contributed by atoms with van der Waals surface area (Å²) < 4.78 is 27.9. The van der Waals surface area contributed by atoms with Crippen LogP contribution in [0.3, 0.4) is 0 Å². The predicted molar refractivity (Wildman–Crippen MR) is 98.6 cm³/mol. The van der Waals surface area contributed by atoms with Gasteiger partial charge in [0, 0.05) is 29.7 Å². The number of carbonyl (C=O) groups is 1. The van der Waals surface area contributed by atoms with Crippen molar-refractivity contribution < 1.29 is 28.5 Å². The smallest absolute Gasteiger partial charge is 0.225 e. The summed E-state index contributed by atoms with van der Waals surface area (Å²) in [6.07, 6.45) is 0.290. The maximum Gasteiger partial charge on any atom is 0.225 e. The number of hydrogen-bond acceptors (Lipinski definition) is 6. The molecule has 0 unspecified atom stereocenters. The lowest BCUT2D eigenvalue weighted by molar-refractivity contribution is -0.116. The first-order valence-electron chi connectivity index (χ1n) is 8.68. The van der Waals surface area contributed by atoms with E-state index < -0.39 is 0 Å². The van der Waals surface area contributed by atoms with Crippen molar-refractivity contribution in [2.75, 3.05) is 39.9 Å². The summed E-state index contributed by atoms with van der Waals surface area (Å²) in [5, 5.41) is 2.93. The van der Waals surface area contributed by atoms with E-state index in [1.165, 1.54) is 0 Å². The van der Waals surface area contributed by atoms with Gasteiger partial charge in [-0.05, 0) is 17.7 Å². The molecule has 2 aliphatic heterocycles. The Labute approximate surface area is 157 Å². The van der Waals surface area contributed by atoms with E-state index in [4.69, 9.17) is 23.7 Å². The van der Waals surface area contributed by atoms with Crippen molar-refractivity contribution in [3.05, 3.63) is 35.4 Å². The maximum atomic E-state index is 12.4. The third-order valence-electron chi connectivity index (χ3n) is 4.86. The number of benzene rings is 2. The van der Waals surface area contributed by atoms with E-state index in [0.29, 0.717) is 48.4 Å². The van der Waals surface area contributed by atoms with Crippen LogP contribution in [0.2, 0.25) is 0 Å². The molecule has 142 valence electrons. The van der Waals surface area contributed by atoms with Gasteiger partial charge in [-0.25, -0.2) is 0 Å². The second-order valence-corrected chi connectivity index (χ2v) is 6.31. The minimum Gasteiger partial charge on any atom is -0.493 e. The second-order valence-electron chi connectivity index (χ2n) is 6.31. The Kier molecular flexibility index (Phi) is 4.43. The molecule has 0 saturated carbocycles. The molecule has 0 spiro atoms. The Hall–Kier alpha value is -3.09. The molecule has 4 rings (SSSR count). The third kappa shape index (κ3) is 2.89. The lowest BCUT2D eigenvalue weighted by Gasteiger charge is -2.30. The summed E-state index contributed by atoms with van der Waals surface area (Å²) in [4.78, 5) is 12.4. The highest BCUT2D eigenvalue weighted by atomic mass is 16.6. The van der Waals surface area contributed by atoms with Crippen molar-refractivity contribution in [2.24, 2.45) is 0 Å². The minimum absolute atomic E-state index is 0.0685. The number of anilines is 1. The lowest BCUT2D eigenvalue weighted by Crippen LogP contribution is -2.25. The quantitative estimate of drug-likeness (QED) is 0.891. The fraction of sp³-hybridized carbons (Fsp3) is 0.350. The molecule has 0 saturated heterocycles. The zero-order valence-corrected chi connectivity index (χ0v) is 15.5. The van der Waals surface area contributed by atoms with Crippen LogP contribution in [-0.2, 0) is 4.79 Å². The minimum atomic E-state index is -0.209. The van der Waals surface area contributed by atoms with Crippen LogP contribution in [0.4, 0.5) is 5.69 Å². The molecule has 0 fully saturated rings. The Morgan fingerprint density at radius 2 is 1.63 bits per heavy atom. The Morgan fingerprint density at radius 3 is 2.30 bits per heavy atom. The van der Waals surface area contributed by atoms with Gasteiger partial charge in [-0.2, -0.15) is 0 Å². The molecule has 2 aromatic rings. The Bertz CT molecular complexity index is 895. The highest BCUT2D eigenvalue weighted by molar-refractivity contribution is 5.96. The SMILES string of the molecule is COc1ccc([C@H]2CC(=O)Nc3cc4c(cc32)OCCO4)c(OC)c1OC. The fourth-order valence-corrected chi connectivity index (χ4v) is 3.67.